The Kier molecular flexibility index (Phi) is 4.82. The Morgan fingerprint density at radius 3 is 2.71 bits per heavy atom. The van der Waals surface area contributed by atoms with Crippen LogP contribution in [0.25, 0.3) is 0 Å². The standard InChI is InChI=1S/C14H20BrN5O/c1-9(12-7-16-19(4)11(12)3)17-14(21)5-6-20-8-13(15)10(2)18-20/h7-9H,5-6H2,1-4H3,(H,17,21). The highest BCUT2D eigenvalue weighted by atomic mass is 79.9. The summed E-state index contributed by atoms with van der Waals surface area (Å²) in [7, 11) is 1.89. The van der Waals surface area contributed by atoms with Gasteiger partial charge in [0, 0.05) is 37.5 Å². The first-order valence-corrected chi connectivity index (χ1v) is 7.65. The average molecular weight is 354 g/mol. The normalized spacial score (nSPS) is 12.4. The number of amides is 1. The van der Waals surface area contributed by atoms with Crippen molar-refractivity contribution in [3.63, 3.8) is 0 Å². The molecule has 0 bridgehead atoms. The van der Waals surface area contributed by atoms with Crippen molar-refractivity contribution in [2.24, 2.45) is 7.05 Å². The first kappa shape index (κ1) is 15.8. The second-order valence-electron chi connectivity index (χ2n) is 5.17. The van der Waals surface area contributed by atoms with Crippen LogP contribution in [-0.4, -0.2) is 25.5 Å². The van der Waals surface area contributed by atoms with Gasteiger partial charge < -0.3 is 5.32 Å². The van der Waals surface area contributed by atoms with E-state index in [2.05, 4.69) is 31.4 Å². The van der Waals surface area contributed by atoms with Gasteiger partial charge in [-0.25, -0.2) is 0 Å². The maximum atomic E-state index is 12.0. The van der Waals surface area contributed by atoms with Gasteiger partial charge in [-0.15, -0.1) is 0 Å². The van der Waals surface area contributed by atoms with Gasteiger partial charge >= 0.3 is 0 Å². The molecule has 1 unspecified atom stereocenters. The molecule has 1 amide bonds. The minimum Gasteiger partial charge on any atom is -0.349 e. The Bertz CT molecular complexity index is 626. The number of halogens is 1. The second kappa shape index (κ2) is 6.43. The molecule has 0 fully saturated rings. The van der Waals surface area contributed by atoms with E-state index in [0.29, 0.717) is 13.0 Å². The van der Waals surface area contributed by atoms with Crippen LogP contribution in [0.5, 0.6) is 0 Å². The Morgan fingerprint density at radius 2 is 2.19 bits per heavy atom. The van der Waals surface area contributed by atoms with Crippen molar-refractivity contribution in [3.8, 4) is 0 Å². The van der Waals surface area contributed by atoms with Crippen molar-refractivity contribution in [2.45, 2.75) is 39.8 Å². The molecule has 7 heteroatoms. The molecule has 114 valence electrons. The van der Waals surface area contributed by atoms with E-state index in [1.54, 1.807) is 10.9 Å². The number of carbonyl (C=O) groups excluding carboxylic acids is 1. The van der Waals surface area contributed by atoms with E-state index in [-0.39, 0.29) is 11.9 Å². The lowest BCUT2D eigenvalue weighted by molar-refractivity contribution is -0.122. The number of hydrogen-bond acceptors (Lipinski definition) is 3. The molecule has 2 heterocycles. The van der Waals surface area contributed by atoms with Crippen molar-refractivity contribution in [1.82, 2.24) is 24.9 Å². The Morgan fingerprint density at radius 1 is 1.48 bits per heavy atom. The molecule has 0 aliphatic carbocycles. The fourth-order valence-corrected chi connectivity index (χ4v) is 2.47. The fraction of sp³-hybridized carbons (Fsp3) is 0.500. The first-order valence-electron chi connectivity index (χ1n) is 6.86. The zero-order valence-electron chi connectivity index (χ0n) is 12.7. The van der Waals surface area contributed by atoms with Crippen LogP contribution in [0, 0.1) is 13.8 Å². The molecule has 0 aromatic carbocycles. The van der Waals surface area contributed by atoms with Crippen molar-refractivity contribution >= 4 is 21.8 Å². The lowest BCUT2D eigenvalue weighted by Gasteiger charge is -2.13. The highest BCUT2D eigenvalue weighted by Gasteiger charge is 2.14. The summed E-state index contributed by atoms with van der Waals surface area (Å²) in [6, 6.07) is -0.0442. The van der Waals surface area contributed by atoms with E-state index in [1.807, 2.05) is 38.7 Å². The van der Waals surface area contributed by atoms with Crippen LogP contribution in [0.2, 0.25) is 0 Å². The molecule has 0 spiro atoms. The van der Waals surface area contributed by atoms with Gasteiger partial charge in [-0.05, 0) is 36.7 Å². The van der Waals surface area contributed by atoms with Gasteiger partial charge in [0.25, 0.3) is 0 Å². The average Bonchev–Trinajstić information content (AvgIpc) is 2.92. The molecule has 0 aliphatic heterocycles. The second-order valence-corrected chi connectivity index (χ2v) is 6.03. The minimum atomic E-state index is -0.0442. The van der Waals surface area contributed by atoms with Gasteiger partial charge in [0.2, 0.25) is 5.91 Å². The molecule has 1 atom stereocenters. The van der Waals surface area contributed by atoms with Crippen molar-refractivity contribution < 1.29 is 4.79 Å². The summed E-state index contributed by atoms with van der Waals surface area (Å²) in [5.41, 5.74) is 3.03. The minimum absolute atomic E-state index is 0.00929. The SMILES string of the molecule is Cc1nn(CCC(=O)NC(C)c2cnn(C)c2C)cc1Br. The number of aromatic nitrogens is 4. The first-order chi connectivity index (χ1) is 9.88. The molecule has 0 radical (unpaired) electrons. The van der Waals surface area contributed by atoms with E-state index in [0.717, 1.165) is 21.4 Å². The van der Waals surface area contributed by atoms with E-state index >= 15 is 0 Å². The molecule has 1 N–H and O–H groups in total. The lowest BCUT2D eigenvalue weighted by atomic mass is 10.1. The molecule has 2 aromatic heterocycles. The number of hydrogen-bond donors (Lipinski definition) is 1. The predicted octanol–water partition coefficient (Wildman–Crippen LogP) is 2.26. The van der Waals surface area contributed by atoms with E-state index in [4.69, 9.17) is 0 Å². The summed E-state index contributed by atoms with van der Waals surface area (Å²) >= 11 is 3.41. The van der Waals surface area contributed by atoms with Gasteiger partial charge in [-0.1, -0.05) is 0 Å². The van der Waals surface area contributed by atoms with Crippen LogP contribution >= 0.6 is 15.9 Å². The fourth-order valence-electron chi connectivity index (χ4n) is 2.16. The summed E-state index contributed by atoms with van der Waals surface area (Å²) in [5, 5.41) is 11.5. The number of aryl methyl sites for hydroxylation is 3. The third-order valence-corrected chi connectivity index (χ3v) is 4.35. The Labute approximate surface area is 132 Å². The molecule has 6 nitrogen and oxygen atoms in total. The summed E-state index contributed by atoms with van der Waals surface area (Å²) in [5.74, 6) is 0.00929. The van der Waals surface area contributed by atoms with Crippen molar-refractivity contribution in [1.29, 1.82) is 0 Å². The Balaban J connectivity index is 1.88. The zero-order chi connectivity index (χ0) is 15.6. The summed E-state index contributed by atoms with van der Waals surface area (Å²) < 4.78 is 4.54. The van der Waals surface area contributed by atoms with Gasteiger partial charge in [0.15, 0.2) is 0 Å². The number of rotatable bonds is 5. The van der Waals surface area contributed by atoms with Crippen molar-refractivity contribution in [2.75, 3.05) is 0 Å². The van der Waals surface area contributed by atoms with Crippen LogP contribution in [0.1, 0.15) is 36.3 Å². The van der Waals surface area contributed by atoms with Crippen LogP contribution in [0.3, 0.4) is 0 Å². The monoisotopic (exact) mass is 353 g/mol. The van der Waals surface area contributed by atoms with Crippen LogP contribution < -0.4 is 5.32 Å². The van der Waals surface area contributed by atoms with Crippen molar-refractivity contribution in [3.05, 3.63) is 33.8 Å². The maximum absolute atomic E-state index is 12.0. The molecule has 0 saturated heterocycles. The molecule has 0 aliphatic rings. The van der Waals surface area contributed by atoms with E-state index in [9.17, 15) is 4.79 Å². The summed E-state index contributed by atoms with van der Waals surface area (Å²) in [4.78, 5) is 12.0. The van der Waals surface area contributed by atoms with E-state index < -0.39 is 0 Å². The van der Waals surface area contributed by atoms with E-state index in [1.165, 1.54) is 0 Å². The molecule has 0 saturated carbocycles. The third kappa shape index (κ3) is 3.72. The summed E-state index contributed by atoms with van der Waals surface area (Å²) in [6.45, 7) is 6.45. The van der Waals surface area contributed by atoms with Gasteiger partial charge in [-0.3, -0.25) is 14.2 Å². The number of nitrogens with zero attached hydrogens (tertiary/aromatic N) is 4. The maximum Gasteiger partial charge on any atom is 0.222 e. The highest BCUT2D eigenvalue weighted by molar-refractivity contribution is 9.10. The predicted molar refractivity (Wildman–Crippen MR) is 83.8 cm³/mol. The Hall–Kier alpha value is -1.63. The molecule has 21 heavy (non-hydrogen) atoms. The smallest absolute Gasteiger partial charge is 0.222 e. The van der Waals surface area contributed by atoms with Gasteiger partial charge in [0.05, 0.1) is 22.4 Å². The largest absolute Gasteiger partial charge is 0.349 e. The third-order valence-electron chi connectivity index (χ3n) is 3.57. The molecular weight excluding hydrogens is 334 g/mol. The number of carbonyl (C=O) groups is 1. The topological polar surface area (TPSA) is 64.7 Å². The lowest BCUT2D eigenvalue weighted by Crippen LogP contribution is -2.27. The molecule has 2 rings (SSSR count). The molecule has 2 aromatic rings. The zero-order valence-corrected chi connectivity index (χ0v) is 14.3. The number of nitrogens with one attached hydrogen (secondary N) is 1. The quantitative estimate of drug-likeness (QED) is 0.896. The highest BCUT2D eigenvalue weighted by Crippen LogP contribution is 2.16. The van der Waals surface area contributed by atoms with Crippen LogP contribution in [0.15, 0.2) is 16.9 Å². The van der Waals surface area contributed by atoms with Gasteiger partial charge in [0.1, 0.15) is 0 Å². The molecular formula is C14H20BrN5O. The van der Waals surface area contributed by atoms with Crippen LogP contribution in [-0.2, 0) is 18.4 Å². The van der Waals surface area contributed by atoms with Crippen LogP contribution in [0.4, 0.5) is 0 Å². The van der Waals surface area contributed by atoms with Gasteiger partial charge in [-0.2, -0.15) is 10.2 Å². The summed E-state index contributed by atoms with van der Waals surface area (Å²) in [6.07, 6.45) is 4.09.